The Bertz CT molecular complexity index is 1160. The zero-order valence-electron chi connectivity index (χ0n) is 21.2. The van der Waals surface area contributed by atoms with Crippen molar-refractivity contribution >= 4 is 5.91 Å². The van der Waals surface area contributed by atoms with E-state index in [1.54, 1.807) is 17.6 Å². The van der Waals surface area contributed by atoms with Crippen molar-refractivity contribution in [2.45, 2.75) is 44.1 Å². The fraction of sp³-hybridized carbons (Fsp3) is 0.387. The molecule has 2 atom stereocenters. The maximum absolute atomic E-state index is 13.2. The molecule has 1 amide bonds. The maximum atomic E-state index is 13.2. The van der Waals surface area contributed by atoms with Gasteiger partial charge in [-0.25, -0.2) is 9.87 Å². The van der Waals surface area contributed by atoms with Gasteiger partial charge in [-0.1, -0.05) is 48.5 Å². The Labute approximate surface area is 218 Å². The third-order valence-corrected chi connectivity index (χ3v) is 7.94. The summed E-state index contributed by atoms with van der Waals surface area (Å²) >= 11 is 0. The first-order chi connectivity index (χ1) is 18.1. The number of amides is 1. The highest BCUT2D eigenvalue weighted by Crippen LogP contribution is 2.41. The van der Waals surface area contributed by atoms with E-state index in [0.717, 1.165) is 43.0 Å². The van der Waals surface area contributed by atoms with E-state index in [9.17, 15) is 9.18 Å². The van der Waals surface area contributed by atoms with Crippen LogP contribution in [0.1, 0.15) is 53.1 Å². The third-order valence-electron chi connectivity index (χ3n) is 7.94. The molecule has 0 unspecified atom stereocenters. The van der Waals surface area contributed by atoms with E-state index in [4.69, 9.17) is 5.21 Å². The number of hydroxylamine groups is 1. The minimum Gasteiger partial charge on any atom is -0.313 e. The molecule has 2 aliphatic rings. The topological polar surface area (TPSA) is 64.6 Å². The van der Waals surface area contributed by atoms with E-state index in [1.807, 2.05) is 24.3 Å². The van der Waals surface area contributed by atoms with Crippen LogP contribution in [-0.2, 0) is 6.42 Å². The summed E-state index contributed by atoms with van der Waals surface area (Å²) in [6, 6.07) is 23.5. The van der Waals surface area contributed by atoms with Crippen LogP contribution in [0.5, 0.6) is 0 Å². The second-order valence-electron chi connectivity index (χ2n) is 10.5. The van der Waals surface area contributed by atoms with Crippen LogP contribution in [0, 0.1) is 11.7 Å². The molecule has 3 N–H and O–H groups in total. The van der Waals surface area contributed by atoms with Gasteiger partial charge >= 0.3 is 0 Å². The molecule has 5 rings (SSSR count). The van der Waals surface area contributed by atoms with Crippen LogP contribution in [0.25, 0.3) is 11.1 Å². The lowest BCUT2D eigenvalue weighted by Gasteiger charge is -2.32. The number of hydrogen-bond donors (Lipinski definition) is 3. The first kappa shape index (κ1) is 25.6. The van der Waals surface area contributed by atoms with Gasteiger partial charge in [0.2, 0.25) is 0 Å². The standard InChI is InChI=1S/C31H36FN3O2/c32-28-13-11-25(12-14-28)24-7-9-26(10-8-24)29-20-30(29)33-21-23-15-18-35(19-16-23)17-1-2-22-3-5-27(6-4-22)31(36)34-37/h3-14,23,29-30,33,37H,1-2,15-21H2,(H,34,36)/t29-,30+/m1/s1. The highest BCUT2D eigenvalue weighted by molar-refractivity contribution is 5.93. The Morgan fingerprint density at radius 2 is 1.57 bits per heavy atom. The van der Waals surface area contributed by atoms with Gasteiger partial charge < -0.3 is 10.2 Å². The van der Waals surface area contributed by atoms with Crippen LogP contribution in [-0.4, -0.2) is 48.2 Å². The molecule has 1 heterocycles. The van der Waals surface area contributed by atoms with Crippen molar-refractivity contribution in [2.75, 3.05) is 26.2 Å². The Morgan fingerprint density at radius 1 is 0.919 bits per heavy atom. The molecule has 0 spiro atoms. The molecular weight excluding hydrogens is 465 g/mol. The average molecular weight is 502 g/mol. The molecule has 0 radical (unpaired) electrons. The number of nitrogens with zero attached hydrogens (tertiary/aromatic N) is 1. The monoisotopic (exact) mass is 501 g/mol. The lowest BCUT2D eigenvalue weighted by Crippen LogP contribution is -2.38. The van der Waals surface area contributed by atoms with E-state index < -0.39 is 5.91 Å². The van der Waals surface area contributed by atoms with Crippen LogP contribution in [0.15, 0.2) is 72.8 Å². The normalized spacial score (nSPS) is 20.1. The second kappa shape index (κ2) is 12.0. The first-order valence-corrected chi connectivity index (χ1v) is 13.4. The lowest BCUT2D eigenvalue weighted by atomic mass is 9.96. The summed E-state index contributed by atoms with van der Waals surface area (Å²) in [5, 5.41) is 12.5. The van der Waals surface area contributed by atoms with Gasteiger partial charge in [-0.05, 0) is 111 Å². The zero-order valence-corrected chi connectivity index (χ0v) is 21.2. The highest BCUT2D eigenvalue weighted by atomic mass is 19.1. The molecule has 3 aromatic rings. The number of hydrogen-bond acceptors (Lipinski definition) is 4. The Morgan fingerprint density at radius 3 is 2.22 bits per heavy atom. The van der Waals surface area contributed by atoms with Gasteiger partial charge in [-0.2, -0.15) is 0 Å². The Balaban J connectivity index is 0.976. The van der Waals surface area contributed by atoms with E-state index in [1.165, 1.54) is 55.6 Å². The number of aryl methyl sites for hydroxylation is 1. The Hall–Kier alpha value is -3.06. The van der Waals surface area contributed by atoms with Gasteiger partial charge in [-0.3, -0.25) is 10.0 Å². The van der Waals surface area contributed by atoms with Crippen LogP contribution >= 0.6 is 0 Å². The van der Waals surface area contributed by atoms with Gasteiger partial charge in [-0.15, -0.1) is 0 Å². The van der Waals surface area contributed by atoms with E-state index >= 15 is 0 Å². The molecule has 37 heavy (non-hydrogen) atoms. The fourth-order valence-electron chi connectivity index (χ4n) is 5.48. The fourth-order valence-corrected chi connectivity index (χ4v) is 5.48. The number of likely N-dealkylation sites (tertiary alicyclic amines) is 1. The number of carbonyl (C=O) groups excluding carboxylic acids is 1. The van der Waals surface area contributed by atoms with Gasteiger partial charge in [0, 0.05) is 17.5 Å². The van der Waals surface area contributed by atoms with Crippen molar-refractivity contribution in [1.29, 1.82) is 0 Å². The number of benzene rings is 3. The number of rotatable bonds is 10. The number of nitrogens with one attached hydrogen (secondary N) is 2. The number of carbonyl (C=O) groups is 1. The summed E-state index contributed by atoms with van der Waals surface area (Å²) in [5.41, 5.74) is 6.93. The zero-order chi connectivity index (χ0) is 25.6. The lowest BCUT2D eigenvalue weighted by molar-refractivity contribution is 0.0706. The molecular formula is C31H36FN3O2. The molecule has 1 aliphatic heterocycles. The Kier molecular flexibility index (Phi) is 8.29. The summed E-state index contributed by atoms with van der Waals surface area (Å²) in [4.78, 5) is 14.0. The predicted molar refractivity (Wildman–Crippen MR) is 144 cm³/mol. The molecule has 194 valence electrons. The summed E-state index contributed by atoms with van der Waals surface area (Å²) < 4.78 is 13.2. The molecule has 1 aliphatic carbocycles. The van der Waals surface area contributed by atoms with Crippen LogP contribution in [0.3, 0.4) is 0 Å². The van der Waals surface area contributed by atoms with E-state index in [2.05, 4.69) is 34.5 Å². The van der Waals surface area contributed by atoms with Crippen molar-refractivity contribution in [2.24, 2.45) is 5.92 Å². The number of halogens is 1. The van der Waals surface area contributed by atoms with E-state index in [-0.39, 0.29) is 5.82 Å². The molecule has 5 nitrogen and oxygen atoms in total. The summed E-state index contributed by atoms with van der Waals surface area (Å²) in [6.07, 6.45) is 5.82. The van der Waals surface area contributed by atoms with E-state index in [0.29, 0.717) is 17.5 Å². The molecule has 0 aromatic heterocycles. The van der Waals surface area contributed by atoms with Crippen LogP contribution < -0.4 is 10.8 Å². The SMILES string of the molecule is O=C(NO)c1ccc(CCCN2CCC(CN[C@H]3C[C@@H]3c3ccc(-c4ccc(F)cc4)cc3)CC2)cc1. The molecule has 1 saturated carbocycles. The van der Waals surface area contributed by atoms with Gasteiger partial charge in [0.15, 0.2) is 0 Å². The van der Waals surface area contributed by atoms with Crippen molar-refractivity contribution in [3.8, 4) is 11.1 Å². The smallest absolute Gasteiger partial charge is 0.274 e. The molecule has 1 saturated heterocycles. The average Bonchev–Trinajstić information content (AvgIpc) is 3.73. The summed E-state index contributed by atoms with van der Waals surface area (Å²) in [5.74, 6) is 0.686. The second-order valence-corrected chi connectivity index (χ2v) is 10.5. The molecule has 6 heteroatoms. The van der Waals surface area contributed by atoms with Crippen molar-refractivity contribution in [3.63, 3.8) is 0 Å². The van der Waals surface area contributed by atoms with Gasteiger partial charge in [0.1, 0.15) is 5.82 Å². The number of piperidine rings is 1. The quantitative estimate of drug-likeness (QED) is 0.257. The molecule has 3 aromatic carbocycles. The summed E-state index contributed by atoms with van der Waals surface area (Å²) in [6.45, 7) is 4.55. The minimum atomic E-state index is -0.474. The maximum Gasteiger partial charge on any atom is 0.274 e. The third kappa shape index (κ3) is 6.83. The summed E-state index contributed by atoms with van der Waals surface area (Å²) in [7, 11) is 0. The first-order valence-electron chi connectivity index (χ1n) is 13.4. The minimum absolute atomic E-state index is 0.200. The van der Waals surface area contributed by atoms with Crippen molar-refractivity contribution < 1.29 is 14.4 Å². The molecule has 0 bridgehead atoms. The van der Waals surface area contributed by atoms with Gasteiger partial charge in [0.25, 0.3) is 5.91 Å². The highest BCUT2D eigenvalue weighted by Gasteiger charge is 2.38. The van der Waals surface area contributed by atoms with Crippen LogP contribution in [0.4, 0.5) is 4.39 Å². The predicted octanol–water partition coefficient (Wildman–Crippen LogP) is 5.40. The largest absolute Gasteiger partial charge is 0.313 e. The molecule has 2 fully saturated rings. The van der Waals surface area contributed by atoms with Crippen LogP contribution in [0.2, 0.25) is 0 Å². The van der Waals surface area contributed by atoms with Crippen molar-refractivity contribution in [1.82, 2.24) is 15.7 Å². The van der Waals surface area contributed by atoms with Crippen molar-refractivity contribution in [3.05, 3.63) is 95.3 Å². The van der Waals surface area contributed by atoms with Gasteiger partial charge in [0.05, 0.1) is 0 Å².